The van der Waals surface area contributed by atoms with Crippen molar-refractivity contribution in [1.29, 1.82) is 0 Å². The second-order valence-corrected chi connectivity index (χ2v) is 16.8. The average Bonchev–Trinajstić information content (AvgIpc) is 3.85. The molecule has 0 saturated carbocycles. The van der Waals surface area contributed by atoms with Crippen molar-refractivity contribution in [2.75, 3.05) is 4.90 Å². The molecule has 0 N–H and O–H groups in total. The van der Waals surface area contributed by atoms with Crippen LogP contribution in [-0.4, -0.2) is 4.57 Å². The zero-order chi connectivity index (χ0) is 41.5. The Kier molecular flexibility index (Phi) is 7.88. The van der Waals surface area contributed by atoms with Crippen LogP contribution in [0.2, 0.25) is 0 Å². The van der Waals surface area contributed by atoms with Crippen molar-refractivity contribution in [3.05, 3.63) is 258 Å². The lowest BCUT2D eigenvalue weighted by Gasteiger charge is -2.35. The van der Waals surface area contributed by atoms with E-state index in [0.717, 1.165) is 39.6 Å². The smallest absolute Gasteiger partial charge is 0.127 e. The van der Waals surface area contributed by atoms with Crippen LogP contribution in [0.3, 0.4) is 0 Å². The molecule has 296 valence electrons. The largest absolute Gasteiger partial charge is 0.488 e. The third-order valence-corrected chi connectivity index (χ3v) is 13.5. The molecule has 1 aliphatic heterocycles. The van der Waals surface area contributed by atoms with Gasteiger partial charge in [0.2, 0.25) is 0 Å². The van der Waals surface area contributed by atoms with E-state index in [-0.39, 0.29) is 0 Å². The topological polar surface area (TPSA) is 17.4 Å². The summed E-state index contributed by atoms with van der Waals surface area (Å²) < 4.78 is 8.66. The van der Waals surface area contributed by atoms with Gasteiger partial charge in [0.25, 0.3) is 0 Å². The van der Waals surface area contributed by atoms with Gasteiger partial charge in [0.1, 0.15) is 12.4 Å². The molecule has 1 aromatic heterocycles. The minimum absolute atomic E-state index is 0.539. The molecule has 63 heavy (non-hydrogen) atoms. The maximum absolute atomic E-state index is 6.25. The van der Waals surface area contributed by atoms with Crippen molar-refractivity contribution < 1.29 is 4.74 Å². The van der Waals surface area contributed by atoms with E-state index in [4.69, 9.17) is 4.74 Å². The van der Waals surface area contributed by atoms with E-state index in [0.29, 0.717) is 6.61 Å². The lowest BCUT2D eigenvalue weighted by Crippen LogP contribution is -2.29. The van der Waals surface area contributed by atoms with Crippen LogP contribution in [-0.2, 0) is 12.0 Å². The first-order valence-corrected chi connectivity index (χ1v) is 21.8. The summed E-state index contributed by atoms with van der Waals surface area (Å²) in [6, 6.07) is 84.8. The Bertz CT molecular complexity index is 3530. The number of rotatable bonds is 6. The number of para-hydroxylation sites is 3. The summed E-state index contributed by atoms with van der Waals surface area (Å²) in [5.74, 6) is 0.917. The number of hydrogen-bond donors (Lipinski definition) is 0. The summed E-state index contributed by atoms with van der Waals surface area (Å²) >= 11 is 0. The van der Waals surface area contributed by atoms with Crippen LogP contribution < -0.4 is 9.64 Å². The van der Waals surface area contributed by atoms with Gasteiger partial charge >= 0.3 is 0 Å². The normalized spacial score (nSPS) is 13.3. The summed E-state index contributed by atoms with van der Waals surface area (Å²) in [6.07, 6.45) is 0. The van der Waals surface area contributed by atoms with Gasteiger partial charge in [0.05, 0.1) is 16.4 Å². The molecule has 0 amide bonds. The minimum atomic E-state index is -0.592. The second-order valence-electron chi connectivity index (χ2n) is 16.8. The summed E-state index contributed by atoms with van der Waals surface area (Å²) in [6.45, 7) is 0.539. The van der Waals surface area contributed by atoms with Gasteiger partial charge in [-0.2, -0.15) is 0 Å². The highest BCUT2D eigenvalue weighted by molar-refractivity contribution is 6.10. The van der Waals surface area contributed by atoms with Gasteiger partial charge in [0.15, 0.2) is 0 Å². The first-order valence-electron chi connectivity index (χ1n) is 21.8. The molecule has 3 nitrogen and oxygen atoms in total. The highest BCUT2D eigenvalue weighted by Gasteiger charge is 2.47. The van der Waals surface area contributed by atoms with Gasteiger partial charge in [-0.05, 0) is 116 Å². The first kappa shape index (κ1) is 35.6. The Balaban J connectivity index is 1.11. The predicted octanol–water partition coefficient (Wildman–Crippen LogP) is 15.3. The Morgan fingerprint density at radius 3 is 1.83 bits per heavy atom. The third-order valence-electron chi connectivity index (χ3n) is 13.5. The Hall–Kier alpha value is -8.14. The van der Waals surface area contributed by atoms with Crippen LogP contribution in [0.25, 0.3) is 60.5 Å². The molecule has 3 heteroatoms. The van der Waals surface area contributed by atoms with E-state index in [9.17, 15) is 0 Å². The minimum Gasteiger partial charge on any atom is -0.488 e. The quantitative estimate of drug-likeness (QED) is 0.167. The molecule has 1 aliphatic carbocycles. The molecule has 0 atom stereocenters. The molecule has 2 aliphatic rings. The van der Waals surface area contributed by atoms with Gasteiger partial charge in [-0.25, -0.2) is 0 Å². The molecule has 0 fully saturated rings. The Labute approximate surface area is 366 Å². The van der Waals surface area contributed by atoms with Crippen LogP contribution in [0.15, 0.2) is 231 Å². The van der Waals surface area contributed by atoms with Gasteiger partial charge in [-0.1, -0.05) is 170 Å². The monoisotopic (exact) mass is 804 g/mol. The fraction of sp³-hybridized carbons (Fsp3) is 0.0333. The van der Waals surface area contributed by atoms with Crippen molar-refractivity contribution in [1.82, 2.24) is 4.57 Å². The van der Waals surface area contributed by atoms with E-state index in [1.165, 1.54) is 71.6 Å². The molecule has 11 aromatic rings. The van der Waals surface area contributed by atoms with Crippen LogP contribution >= 0.6 is 0 Å². The molecule has 0 radical (unpaired) electrons. The van der Waals surface area contributed by atoms with E-state index < -0.39 is 5.41 Å². The van der Waals surface area contributed by atoms with Gasteiger partial charge in [-0.3, -0.25) is 0 Å². The number of fused-ring (bicyclic) bond motifs is 11. The lowest BCUT2D eigenvalue weighted by molar-refractivity contribution is 0.302. The molecule has 10 aromatic carbocycles. The summed E-state index contributed by atoms with van der Waals surface area (Å²) in [5, 5.41) is 4.96. The number of anilines is 3. The maximum Gasteiger partial charge on any atom is 0.127 e. The molecular weight excluding hydrogens is 765 g/mol. The second kappa shape index (κ2) is 14.0. The lowest BCUT2D eigenvalue weighted by atomic mass is 9.66. The van der Waals surface area contributed by atoms with Crippen molar-refractivity contribution in [2.24, 2.45) is 0 Å². The van der Waals surface area contributed by atoms with E-state index in [1.807, 2.05) is 0 Å². The molecule has 0 bridgehead atoms. The summed E-state index contributed by atoms with van der Waals surface area (Å²) in [4.78, 5) is 2.47. The van der Waals surface area contributed by atoms with E-state index in [2.05, 4.69) is 240 Å². The van der Waals surface area contributed by atoms with E-state index >= 15 is 0 Å². The fourth-order valence-electron chi connectivity index (χ4n) is 10.8. The standard InChI is InChI=1S/C60H40N2O/c1-4-17-42(18-5-1)60(43-19-6-2-7-20-43)55-37-46(31-34-49(55)53-33-29-40-16-10-11-23-48(40)59(53)60)61(45-30-28-41-39-63-58-27-15-13-25-52(58)54(41)36-45)47-32-35-51-50-24-12-14-26-56(50)62(57(51)38-47)44-21-8-3-9-22-44/h1-38H,39H2. The first-order chi connectivity index (χ1) is 31.3. The van der Waals surface area contributed by atoms with Crippen molar-refractivity contribution in [2.45, 2.75) is 12.0 Å². The van der Waals surface area contributed by atoms with Crippen LogP contribution in [0.4, 0.5) is 17.1 Å². The summed E-state index contributed by atoms with van der Waals surface area (Å²) in [7, 11) is 0. The number of aromatic nitrogens is 1. The number of nitrogens with zero attached hydrogens (tertiary/aromatic N) is 2. The van der Waals surface area contributed by atoms with Crippen LogP contribution in [0.5, 0.6) is 5.75 Å². The zero-order valence-electron chi connectivity index (χ0n) is 34.4. The fourth-order valence-corrected chi connectivity index (χ4v) is 10.8. The Morgan fingerprint density at radius 1 is 0.413 bits per heavy atom. The van der Waals surface area contributed by atoms with Crippen molar-refractivity contribution in [3.63, 3.8) is 0 Å². The molecule has 13 rings (SSSR count). The highest BCUT2D eigenvalue weighted by atomic mass is 16.5. The van der Waals surface area contributed by atoms with Crippen molar-refractivity contribution in [3.8, 4) is 33.7 Å². The highest BCUT2D eigenvalue weighted by Crippen LogP contribution is 2.59. The molecular formula is C60H40N2O. The Morgan fingerprint density at radius 2 is 1.02 bits per heavy atom. The van der Waals surface area contributed by atoms with Crippen LogP contribution in [0, 0.1) is 0 Å². The number of hydrogen-bond acceptors (Lipinski definition) is 2. The number of benzene rings is 10. The predicted molar refractivity (Wildman–Crippen MR) is 260 cm³/mol. The SMILES string of the molecule is c1ccc(-n2c3ccccc3c3ccc(N(c4ccc5c(c4)-c4ccccc4OC5)c4ccc5c(c4)C(c4ccccc4)(c4ccccc4)c4c-5ccc5ccccc45)cc32)cc1. The summed E-state index contributed by atoms with van der Waals surface area (Å²) in [5.41, 5.74) is 17.2. The molecule has 2 heterocycles. The van der Waals surface area contributed by atoms with Gasteiger partial charge < -0.3 is 14.2 Å². The van der Waals surface area contributed by atoms with Gasteiger partial charge in [0, 0.05) is 39.1 Å². The van der Waals surface area contributed by atoms with Crippen LogP contribution in [0.1, 0.15) is 27.8 Å². The third kappa shape index (κ3) is 5.27. The zero-order valence-corrected chi connectivity index (χ0v) is 34.4. The number of ether oxygens (including phenoxy) is 1. The van der Waals surface area contributed by atoms with Crippen molar-refractivity contribution >= 4 is 49.6 Å². The molecule has 0 saturated heterocycles. The molecule has 0 unspecified atom stereocenters. The van der Waals surface area contributed by atoms with E-state index in [1.54, 1.807) is 0 Å². The average molecular weight is 805 g/mol. The maximum atomic E-state index is 6.25. The molecule has 0 spiro atoms. The van der Waals surface area contributed by atoms with Gasteiger partial charge in [-0.15, -0.1) is 0 Å².